The van der Waals surface area contributed by atoms with Crippen molar-refractivity contribution in [3.63, 3.8) is 0 Å². The van der Waals surface area contributed by atoms with E-state index in [1.807, 2.05) is 36.4 Å². The summed E-state index contributed by atoms with van der Waals surface area (Å²) in [5.41, 5.74) is 4.98. The number of rotatable bonds is 10. The second-order valence-corrected chi connectivity index (χ2v) is 13.6. The molecule has 3 aliphatic rings. The van der Waals surface area contributed by atoms with E-state index in [9.17, 15) is 29.8 Å². The van der Waals surface area contributed by atoms with Gasteiger partial charge in [0.05, 0.1) is 39.2 Å². The van der Waals surface area contributed by atoms with Crippen LogP contribution in [-0.4, -0.2) is 47.2 Å². The molecule has 0 unspecified atom stereocenters. The first-order valence-electron chi connectivity index (χ1n) is 16.1. The molecule has 2 heterocycles. The van der Waals surface area contributed by atoms with Crippen molar-refractivity contribution in [2.24, 2.45) is 17.8 Å². The Balaban J connectivity index is 1.34. The zero-order chi connectivity index (χ0) is 34.1. The summed E-state index contributed by atoms with van der Waals surface area (Å²) < 4.78 is 12.3. The van der Waals surface area contributed by atoms with Crippen LogP contribution < -0.4 is 9.64 Å². The number of non-ortho nitro benzene ring substituents is 1. The Morgan fingerprint density at radius 3 is 2.60 bits per heavy atom. The lowest BCUT2D eigenvalue weighted by atomic mass is 9.58. The Morgan fingerprint density at radius 2 is 1.90 bits per heavy atom. The van der Waals surface area contributed by atoms with E-state index >= 15 is 0 Å². The predicted octanol–water partition coefficient (Wildman–Crippen LogP) is 7.04. The highest BCUT2D eigenvalue weighted by Crippen LogP contribution is 2.52. The SMILES string of the molecule is CCCC1=C2[C@@H](CC/C(=C/c3cc(I)c(O)c(OC)c3)c3ccccc3)OB(O)C[C@@H]2[C@@H]2C(=O)N(c3cccc([N+](=O)[O-])c3)C(=O)[C@@H]2C1. The molecular weight excluding hydrogens is 726 g/mol. The van der Waals surface area contributed by atoms with Gasteiger partial charge in [-0.1, -0.05) is 61.4 Å². The number of phenols is 1. The average molecular weight is 762 g/mol. The molecule has 2 fully saturated rings. The molecule has 0 spiro atoms. The number of allylic oxidation sites excluding steroid dienone is 2. The van der Waals surface area contributed by atoms with Gasteiger partial charge in [-0.3, -0.25) is 19.7 Å². The van der Waals surface area contributed by atoms with Gasteiger partial charge < -0.3 is 19.5 Å². The van der Waals surface area contributed by atoms with Gasteiger partial charge in [0, 0.05) is 12.1 Å². The van der Waals surface area contributed by atoms with Gasteiger partial charge in [0.15, 0.2) is 11.5 Å². The first kappa shape index (κ1) is 33.9. The number of ether oxygens (including phenoxy) is 1. The summed E-state index contributed by atoms with van der Waals surface area (Å²) in [5, 5.41) is 32.9. The molecule has 3 aromatic rings. The maximum atomic E-state index is 14.1. The summed E-state index contributed by atoms with van der Waals surface area (Å²) in [6, 6.07) is 19.3. The molecule has 4 atom stereocenters. The normalized spacial score (nSPS) is 22.5. The van der Waals surface area contributed by atoms with E-state index in [1.165, 1.54) is 25.3 Å². The third-order valence-electron chi connectivity index (χ3n) is 9.59. The molecule has 0 saturated carbocycles. The van der Waals surface area contributed by atoms with Crippen molar-refractivity contribution in [3.8, 4) is 11.5 Å². The van der Waals surface area contributed by atoms with Crippen LogP contribution in [0.3, 0.4) is 0 Å². The molecule has 3 aromatic carbocycles. The van der Waals surface area contributed by atoms with Crippen LogP contribution in [0.5, 0.6) is 11.5 Å². The van der Waals surface area contributed by atoms with Gasteiger partial charge in [0.2, 0.25) is 11.8 Å². The Kier molecular flexibility index (Phi) is 10.0. The fraction of sp³-hybridized carbons (Fsp3) is 0.333. The summed E-state index contributed by atoms with van der Waals surface area (Å²) >= 11 is 2.08. The molecule has 2 N–H and O–H groups in total. The van der Waals surface area contributed by atoms with Gasteiger partial charge in [0.1, 0.15) is 0 Å². The van der Waals surface area contributed by atoms with Crippen molar-refractivity contribution in [1.29, 1.82) is 0 Å². The number of benzene rings is 3. The highest BCUT2D eigenvalue weighted by atomic mass is 127. The van der Waals surface area contributed by atoms with Crippen LogP contribution in [0.25, 0.3) is 11.6 Å². The lowest BCUT2D eigenvalue weighted by Gasteiger charge is -2.43. The lowest BCUT2D eigenvalue weighted by molar-refractivity contribution is -0.384. The fourth-order valence-corrected chi connectivity index (χ4v) is 8.20. The van der Waals surface area contributed by atoms with Gasteiger partial charge in [0.25, 0.3) is 5.69 Å². The fourth-order valence-electron chi connectivity index (χ4n) is 7.58. The Bertz CT molecular complexity index is 1810. The maximum Gasteiger partial charge on any atom is 0.455 e. The number of anilines is 1. The highest BCUT2D eigenvalue weighted by Gasteiger charge is 2.57. The van der Waals surface area contributed by atoms with Gasteiger partial charge >= 0.3 is 7.12 Å². The van der Waals surface area contributed by atoms with Crippen molar-refractivity contribution in [3.05, 3.63) is 103 Å². The maximum absolute atomic E-state index is 14.1. The van der Waals surface area contributed by atoms with Crippen LogP contribution in [0.4, 0.5) is 11.4 Å². The largest absolute Gasteiger partial charge is 0.504 e. The van der Waals surface area contributed by atoms with E-state index in [0.717, 1.165) is 45.6 Å². The molecule has 48 heavy (non-hydrogen) atoms. The van der Waals surface area contributed by atoms with E-state index in [4.69, 9.17) is 9.39 Å². The third kappa shape index (κ3) is 6.53. The standard InChI is InChI=1S/C36H36BIN2O8/c1-3-8-24-18-27-33(36(43)39(35(27)42)25-11-7-12-26(19-25)40(45)46)28-20-37(44)48-30(32(24)28)14-13-23(22-9-5-4-6-10-22)15-21-16-29(38)34(41)31(17-21)47-2/h4-7,9-12,15-17,19,27-28,30,33,41,44H,3,8,13-14,18,20H2,1-2H3/b23-15-/t27-,28+,30-,33-/m1/s1. The monoisotopic (exact) mass is 762 g/mol. The average Bonchev–Trinajstić information content (AvgIpc) is 3.33. The third-order valence-corrected chi connectivity index (χ3v) is 10.4. The first-order chi connectivity index (χ1) is 23.1. The Hall–Kier alpha value is -4.01. The molecule has 2 saturated heterocycles. The zero-order valence-electron chi connectivity index (χ0n) is 26.7. The lowest BCUT2D eigenvalue weighted by Crippen LogP contribution is -2.46. The molecule has 12 heteroatoms. The Morgan fingerprint density at radius 1 is 1.12 bits per heavy atom. The zero-order valence-corrected chi connectivity index (χ0v) is 28.8. The summed E-state index contributed by atoms with van der Waals surface area (Å²) in [6.07, 6.45) is 4.86. The van der Waals surface area contributed by atoms with Crippen molar-refractivity contribution in [2.75, 3.05) is 12.0 Å². The van der Waals surface area contributed by atoms with E-state index in [-0.39, 0.29) is 29.4 Å². The minimum absolute atomic E-state index is 0.0853. The quantitative estimate of drug-likeness (QED) is 0.0427. The molecule has 6 rings (SSSR count). The van der Waals surface area contributed by atoms with E-state index in [2.05, 4.69) is 35.6 Å². The number of nitro benzene ring substituents is 1. The van der Waals surface area contributed by atoms with Gasteiger partial charge in [-0.25, -0.2) is 4.90 Å². The molecule has 0 bridgehead atoms. The smallest absolute Gasteiger partial charge is 0.455 e. The van der Waals surface area contributed by atoms with Crippen molar-refractivity contribution in [2.45, 2.75) is 51.5 Å². The number of hydrogen-bond acceptors (Lipinski definition) is 8. The van der Waals surface area contributed by atoms with Crippen molar-refractivity contribution >= 4 is 64.5 Å². The van der Waals surface area contributed by atoms with Gasteiger partial charge in [-0.15, -0.1) is 0 Å². The number of nitrogens with zero attached hydrogens (tertiary/aromatic N) is 2. The number of halogens is 1. The molecular formula is C36H36BIN2O8. The number of carbonyl (C=O) groups is 2. The van der Waals surface area contributed by atoms with Gasteiger partial charge in [-0.2, -0.15) is 0 Å². The summed E-state index contributed by atoms with van der Waals surface area (Å²) in [4.78, 5) is 39.9. The number of hydrogen-bond donors (Lipinski definition) is 2. The first-order valence-corrected chi connectivity index (χ1v) is 17.2. The van der Waals surface area contributed by atoms with Gasteiger partial charge in [-0.05, 0) is 101 Å². The molecule has 2 amide bonds. The summed E-state index contributed by atoms with van der Waals surface area (Å²) in [7, 11) is 0.396. The summed E-state index contributed by atoms with van der Waals surface area (Å²) in [5.74, 6) is -1.98. The van der Waals surface area contributed by atoms with Crippen LogP contribution in [-0.2, 0) is 14.2 Å². The van der Waals surface area contributed by atoms with Crippen LogP contribution in [0.1, 0.15) is 50.2 Å². The number of nitro groups is 1. The highest BCUT2D eigenvalue weighted by molar-refractivity contribution is 14.1. The minimum Gasteiger partial charge on any atom is -0.504 e. The molecule has 2 aliphatic heterocycles. The van der Waals surface area contributed by atoms with Crippen LogP contribution in [0.2, 0.25) is 6.32 Å². The number of phenolic OH excluding ortho intramolecular Hbond substituents is 1. The molecule has 0 aromatic heterocycles. The molecule has 1 aliphatic carbocycles. The molecule has 10 nitrogen and oxygen atoms in total. The molecule has 248 valence electrons. The summed E-state index contributed by atoms with van der Waals surface area (Å²) in [6.45, 7) is 2.07. The minimum atomic E-state index is -1.12. The number of imide groups is 1. The number of methoxy groups -OCH3 is 1. The Labute approximate surface area is 292 Å². The van der Waals surface area contributed by atoms with E-state index < -0.39 is 41.8 Å². The van der Waals surface area contributed by atoms with Crippen LogP contribution in [0.15, 0.2) is 77.9 Å². The second-order valence-electron chi connectivity index (χ2n) is 12.5. The van der Waals surface area contributed by atoms with Crippen LogP contribution >= 0.6 is 22.6 Å². The number of carbonyl (C=O) groups excluding carboxylic acids is 2. The molecule has 0 radical (unpaired) electrons. The van der Waals surface area contributed by atoms with Crippen molar-refractivity contribution in [1.82, 2.24) is 0 Å². The van der Waals surface area contributed by atoms with Crippen molar-refractivity contribution < 1.29 is 34.0 Å². The number of amides is 2. The second kappa shape index (κ2) is 14.2. The topological polar surface area (TPSA) is 139 Å². The number of fused-ring (bicyclic) bond motifs is 3. The van der Waals surface area contributed by atoms with E-state index in [0.29, 0.717) is 28.6 Å². The number of aromatic hydroxyl groups is 1. The van der Waals surface area contributed by atoms with E-state index in [1.54, 1.807) is 12.1 Å². The predicted molar refractivity (Wildman–Crippen MR) is 191 cm³/mol. The van der Waals surface area contributed by atoms with Crippen LogP contribution in [0, 0.1) is 31.4 Å².